The number of carbonyl (C=O) groups excluding carboxylic acids is 1. The number of nitrogens with one attached hydrogen (secondary N) is 1. The van der Waals surface area contributed by atoms with Crippen molar-refractivity contribution in [3.05, 3.63) is 54.1 Å². The van der Waals surface area contributed by atoms with Crippen molar-refractivity contribution in [3.8, 4) is 5.75 Å². The molecule has 2 aliphatic rings. The lowest BCUT2D eigenvalue weighted by Gasteiger charge is -2.33. The molecule has 2 aliphatic heterocycles. The van der Waals surface area contributed by atoms with Crippen molar-refractivity contribution >= 4 is 22.0 Å². The lowest BCUT2D eigenvalue weighted by Crippen LogP contribution is -2.45. The number of methoxy groups -OCH3 is 1. The molecule has 2 heterocycles. The van der Waals surface area contributed by atoms with E-state index in [0.717, 1.165) is 11.3 Å². The second kappa shape index (κ2) is 6.19. The van der Waals surface area contributed by atoms with E-state index in [9.17, 15) is 13.6 Å². The minimum atomic E-state index is -3.67. The van der Waals surface area contributed by atoms with Crippen LogP contribution in [0.3, 0.4) is 0 Å². The molecule has 2 atom stereocenters. The molecule has 136 valence electrons. The Labute approximate surface area is 153 Å². The van der Waals surface area contributed by atoms with Crippen molar-refractivity contribution < 1.29 is 18.3 Å². The van der Waals surface area contributed by atoms with Gasteiger partial charge in [0.15, 0.2) is 15.3 Å². The predicted octanol–water partition coefficient (Wildman–Crippen LogP) is 2.49. The van der Waals surface area contributed by atoms with Crippen LogP contribution in [0.5, 0.6) is 5.75 Å². The first-order chi connectivity index (χ1) is 12.4. The first-order valence-electron chi connectivity index (χ1n) is 8.48. The van der Waals surface area contributed by atoms with Gasteiger partial charge < -0.3 is 14.6 Å². The van der Waals surface area contributed by atoms with Crippen LogP contribution in [0.2, 0.25) is 0 Å². The lowest BCUT2D eigenvalue weighted by atomic mass is 9.77. The van der Waals surface area contributed by atoms with Gasteiger partial charge in [0.1, 0.15) is 5.75 Å². The Morgan fingerprint density at radius 3 is 2.85 bits per heavy atom. The minimum Gasteiger partial charge on any atom is -0.593 e. The first kappa shape index (κ1) is 17.2. The molecule has 26 heavy (non-hydrogen) atoms. The van der Waals surface area contributed by atoms with Gasteiger partial charge in [0.25, 0.3) is 0 Å². The molecule has 0 aliphatic carbocycles. The highest BCUT2D eigenvalue weighted by atomic mass is 32.3. The average Bonchev–Trinajstić information content (AvgIpc) is 3.08. The van der Waals surface area contributed by atoms with E-state index in [0.29, 0.717) is 25.1 Å². The normalized spacial score (nSPS) is 24.8. The Morgan fingerprint density at radius 2 is 2.04 bits per heavy atom. The van der Waals surface area contributed by atoms with Crippen molar-refractivity contribution in [3.63, 3.8) is 0 Å². The molecule has 0 radical (unpaired) electrons. The van der Waals surface area contributed by atoms with Gasteiger partial charge in [-0.05, 0) is 36.6 Å². The van der Waals surface area contributed by atoms with Gasteiger partial charge >= 0.3 is 0 Å². The van der Waals surface area contributed by atoms with E-state index in [1.165, 1.54) is 17.5 Å². The van der Waals surface area contributed by atoms with Crippen LogP contribution >= 0.6 is 0 Å². The summed E-state index contributed by atoms with van der Waals surface area (Å²) in [4.78, 5) is 12.9. The fourth-order valence-corrected chi connectivity index (χ4v) is 5.34. The van der Waals surface area contributed by atoms with E-state index in [1.807, 2.05) is 24.3 Å². The van der Waals surface area contributed by atoms with Crippen molar-refractivity contribution in [2.24, 2.45) is 5.41 Å². The highest BCUT2D eigenvalue weighted by molar-refractivity contribution is 7.95. The third-order valence-electron chi connectivity index (χ3n) is 5.27. The van der Waals surface area contributed by atoms with E-state index in [4.69, 9.17) is 4.74 Å². The lowest BCUT2D eigenvalue weighted by molar-refractivity contribution is -0.125. The van der Waals surface area contributed by atoms with E-state index >= 15 is 0 Å². The molecule has 2 aromatic carbocycles. The van der Waals surface area contributed by atoms with Crippen molar-refractivity contribution in [1.29, 1.82) is 0 Å². The number of sulfonamides is 1. The fraction of sp³-hybridized carbons (Fsp3) is 0.316. The van der Waals surface area contributed by atoms with Crippen LogP contribution in [0.4, 0.5) is 5.69 Å². The number of anilines is 1. The quantitative estimate of drug-likeness (QED) is 0.840. The average molecular weight is 372 g/mol. The van der Waals surface area contributed by atoms with Gasteiger partial charge in [-0.25, -0.2) is 0 Å². The molecule has 1 amide bonds. The van der Waals surface area contributed by atoms with Crippen LogP contribution < -0.4 is 10.1 Å². The molecule has 0 bridgehead atoms. The summed E-state index contributed by atoms with van der Waals surface area (Å²) in [6, 6.07) is 14.1. The number of para-hydroxylation sites is 1. The number of amides is 1. The van der Waals surface area contributed by atoms with Crippen LogP contribution in [0.15, 0.2) is 53.4 Å². The highest BCUT2D eigenvalue weighted by Gasteiger charge is 2.52. The Bertz CT molecular complexity index is 916. The summed E-state index contributed by atoms with van der Waals surface area (Å²) < 4.78 is 32.6. The monoisotopic (exact) mass is 372 g/mol. The molecule has 2 unspecified atom stereocenters. The third-order valence-corrected chi connectivity index (χ3v) is 7.11. The summed E-state index contributed by atoms with van der Waals surface area (Å²) in [5, 5.41) is 2.94. The number of nitrogens with zero attached hydrogens (tertiary/aromatic N) is 1. The second-order valence-electron chi connectivity index (χ2n) is 6.84. The van der Waals surface area contributed by atoms with Crippen molar-refractivity contribution in [2.45, 2.75) is 17.7 Å². The van der Waals surface area contributed by atoms with Gasteiger partial charge in [-0.15, -0.1) is 4.31 Å². The zero-order valence-corrected chi connectivity index (χ0v) is 15.3. The van der Waals surface area contributed by atoms with Crippen molar-refractivity contribution in [1.82, 2.24) is 4.31 Å². The number of carbonyl (C=O) groups is 1. The molecule has 0 saturated carbocycles. The number of rotatable bonds is 3. The molecule has 1 fully saturated rings. The number of hydrogen-bond donors (Lipinski definition) is 1. The molecular weight excluding hydrogens is 352 g/mol. The van der Waals surface area contributed by atoms with E-state index in [2.05, 4.69) is 5.32 Å². The molecule has 1 N–H and O–H groups in total. The summed E-state index contributed by atoms with van der Waals surface area (Å²) in [6.45, 7) is 0.516. The van der Waals surface area contributed by atoms with Crippen LogP contribution in [0, 0.1) is 5.41 Å². The van der Waals surface area contributed by atoms with Crippen LogP contribution in [0.1, 0.15) is 12.0 Å². The Balaban J connectivity index is 1.62. The molecule has 7 heteroatoms. The summed E-state index contributed by atoms with van der Waals surface area (Å²) in [7, 11) is -2.17. The maximum atomic E-state index is 13.0. The molecule has 6 nitrogen and oxygen atoms in total. The standard InChI is InChI=1S/C19H20N2O4S/c1-25-15-6-4-7-16(11-15)26(23,24)21-10-9-19(13-21)12-14-5-2-3-8-17(14)20-18(19)22/h2-8,11H,9-10,12-13H2,1H3,(H-,20,22,23,24). The van der Waals surface area contributed by atoms with E-state index in [1.54, 1.807) is 18.2 Å². The molecule has 2 aromatic rings. The maximum absolute atomic E-state index is 13.0. The third kappa shape index (κ3) is 2.72. The van der Waals surface area contributed by atoms with E-state index < -0.39 is 15.8 Å². The van der Waals surface area contributed by atoms with Gasteiger partial charge in [0.2, 0.25) is 5.91 Å². The number of fused-ring (bicyclic) bond motifs is 1. The van der Waals surface area contributed by atoms with Crippen LogP contribution in [-0.4, -0.2) is 35.0 Å². The maximum Gasteiger partial charge on any atom is 0.232 e. The zero-order valence-electron chi connectivity index (χ0n) is 14.4. The van der Waals surface area contributed by atoms with Gasteiger partial charge in [-0.2, -0.15) is 0 Å². The zero-order chi connectivity index (χ0) is 18.4. The van der Waals surface area contributed by atoms with Gasteiger partial charge in [0.05, 0.1) is 19.1 Å². The summed E-state index contributed by atoms with van der Waals surface area (Å²) in [6.07, 6.45) is 1.06. The first-order valence-corrected chi connectivity index (χ1v) is 9.92. The molecule has 1 spiro atoms. The Kier molecular flexibility index (Phi) is 4.10. The highest BCUT2D eigenvalue weighted by Crippen LogP contribution is 2.43. The van der Waals surface area contributed by atoms with Crippen LogP contribution in [-0.2, 0) is 25.8 Å². The van der Waals surface area contributed by atoms with Crippen molar-refractivity contribution in [2.75, 3.05) is 25.5 Å². The van der Waals surface area contributed by atoms with E-state index in [-0.39, 0.29) is 17.3 Å². The number of hydrogen-bond acceptors (Lipinski definition) is 4. The molecule has 1 saturated heterocycles. The smallest absolute Gasteiger partial charge is 0.232 e. The molecule has 0 aromatic heterocycles. The summed E-state index contributed by atoms with van der Waals surface area (Å²) >= 11 is 0. The molecule has 4 rings (SSSR count). The molecular formula is C19H20N2O4S. The Morgan fingerprint density at radius 1 is 1.23 bits per heavy atom. The predicted molar refractivity (Wildman–Crippen MR) is 97.5 cm³/mol. The van der Waals surface area contributed by atoms with Gasteiger partial charge in [-0.3, -0.25) is 4.79 Å². The number of ether oxygens (including phenoxy) is 1. The second-order valence-corrected chi connectivity index (χ2v) is 8.77. The van der Waals surface area contributed by atoms with Gasteiger partial charge in [-0.1, -0.05) is 28.5 Å². The summed E-state index contributed by atoms with van der Waals surface area (Å²) in [5.41, 5.74) is 1.16. The minimum absolute atomic E-state index is 0.0976. The number of benzene rings is 2. The Hall–Kier alpha value is -2.22. The summed E-state index contributed by atoms with van der Waals surface area (Å²) in [5.74, 6) is 0.392. The topological polar surface area (TPSA) is 81.7 Å². The largest absolute Gasteiger partial charge is 0.593 e. The van der Waals surface area contributed by atoms with Gasteiger partial charge in [0, 0.05) is 18.3 Å². The van der Waals surface area contributed by atoms with Crippen LogP contribution in [0.25, 0.3) is 0 Å². The fourth-order valence-electron chi connectivity index (χ4n) is 3.78. The SMILES string of the molecule is COc1cccc([S+](=O)([O-])N2CCC3(Cc4ccccc4NC3=O)C2)c1.